The van der Waals surface area contributed by atoms with E-state index in [1.165, 1.54) is 10.8 Å². The molecule has 96 valence electrons. The average molecular weight is 240 g/mol. The highest BCUT2D eigenvalue weighted by atomic mass is 14.2. The van der Waals surface area contributed by atoms with Crippen molar-refractivity contribution >= 4 is 12.7 Å². The van der Waals surface area contributed by atoms with Gasteiger partial charge in [0.1, 0.15) is 0 Å². The predicted octanol–water partition coefficient (Wildman–Crippen LogP) is 3.71. The molecule has 0 aliphatic heterocycles. The average Bonchev–Trinajstić information content (AvgIpc) is 2.28. The van der Waals surface area contributed by atoms with Gasteiger partial charge in [0, 0.05) is 0 Å². The molecule has 0 fully saturated rings. The van der Waals surface area contributed by atoms with E-state index in [1.54, 1.807) is 0 Å². The second-order valence-electron chi connectivity index (χ2n) is 5.59. The van der Waals surface area contributed by atoms with E-state index in [1.807, 2.05) is 12.1 Å². The monoisotopic (exact) mass is 240 g/mol. The second kappa shape index (κ2) is 6.39. The highest BCUT2D eigenvalue weighted by Crippen LogP contribution is 2.18. The van der Waals surface area contributed by atoms with Crippen LogP contribution >= 0.6 is 0 Å². The SMILES string of the molecule is C=c1cccc/c(=C\CC)ccc(C(C)(C)C)c1. The molecule has 0 amide bonds. The van der Waals surface area contributed by atoms with Gasteiger partial charge < -0.3 is 0 Å². The molecule has 0 N–H and O–H groups in total. The molecule has 0 saturated carbocycles. The molecule has 0 spiro atoms. The number of hydrogen-bond acceptors (Lipinski definition) is 0. The summed E-state index contributed by atoms with van der Waals surface area (Å²) in [5.41, 5.74) is 1.43. The zero-order chi connectivity index (χ0) is 13.6. The third-order valence-corrected chi connectivity index (χ3v) is 2.81. The van der Waals surface area contributed by atoms with Crippen molar-refractivity contribution in [2.45, 2.75) is 39.5 Å². The summed E-state index contributed by atoms with van der Waals surface area (Å²) >= 11 is 0. The molecule has 0 aliphatic rings. The van der Waals surface area contributed by atoms with Crippen molar-refractivity contribution in [1.29, 1.82) is 0 Å². The van der Waals surface area contributed by atoms with E-state index in [9.17, 15) is 0 Å². The first-order chi connectivity index (χ1) is 8.43. The summed E-state index contributed by atoms with van der Waals surface area (Å²) < 4.78 is 0. The summed E-state index contributed by atoms with van der Waals surface area (Å²) in [6.07, 6.45) is 3.28. The fourth-order valence-electron chi connectivity index (χ4n) is 1.72. The van der Waals surface area contributed by atoms with Crippen LogP contribution in [-0.4, -0.2) is 0 Å². The lowest BCUT2D eigenvalue weighted by atomic mass is 9.87. The topological polar surface area (TPSA) is 0 Å². The lowest BCUT2D eigenvalue weighted by molar-refractivity contribution is 0.590. The molecule has 0 atom stereocenters. The molecular formula is C18H24. The van der Waals surface area contributed by atoms with E-state index in [0.717, 1.165) is 11.6 Å². The molecule has 1 aromatic carbocycles. The van der Waals surface area contributed by atoms with Crippen LogP contribution in [0.2, 0.25) is 0 Å². The first-order valence-electron chi connectivity index (χ1n) is 6.57. The minimum absolute atomic E-state index is 0.132. The Bertz CT molecular complexity index is 543. The second-order valence-corrected chi connectivity index (χ2v) is 5.59. The van der Waals surface area contributed by atoms with Gasteiger partial charge in [-0.15, -0.1) is 0 Å². The van der Waals surface area contributed by atoms with Gasteiger partial charge >= 0.3 is 0 Å². The largest absolute Gasteiger partial charge is 0.0918 e. The van der Waals surface area contributed by atoms with Gasteiger partial charge in [-0.25, -0.2) is 0 Å². The van der Waals surface area contributed by atoms with Crippen LogP contribution < -0.4 is 10.4 Å². The molecule has 1 rings (SSSR count). The fraction of sp³-hybridized carbons (Fsp3) is 0.333. The van der Waals surface area contributed by atoms with E-state index in [2.05, 4.69) is 70.7 Å². The Morgan fingerprint density at radius 2 is 1.72 bits per heavy atom. The molecular weight excluding hydrogens is 216 g/mol. The van der Waals surface area contributed by atoms with Crippen LogP contribution in [-0.2, 0) is 5.41 Å². The van der Waals surface area contributed by atoms with Crippen molar-refractivity contribution in [1.82, 2.24) is 0 Å². The van der Waals surface area contributed by atoms with Gasteiger partial charge in [0.15, 0.2) is 0 Å². The van der Waals surface area contributed by atoms with Crippen LogP contribution in [0.4, 0.5) is 0 Å². The van der Waals surface area contributed by atoms with Crippen LogP contribution in [0.15, 0.2) is 42.5 Å². The van der Waals surface area contributed by atoms with Crippen molar-refractivity contribution in [3.05, 3.63) is 58.5 Å². The van der Waals surface area contributed by atoms with Crippen molar-refractivity contribution in [3.63, 3.8) is 0 Å². The normalized spacial score (nSPS) is 12.1. The van der Waals surface area contributed by atoms with Crippen LogP contribution in [0, 0.1) is 0 Å². The summed E-state index contributed by atoms with van der Waals surface area (Å²) in [6, 6.07) is 14.8. The highest BCUT2D eigenvalue weighted by molar-refractivity contribution is 5.26. The van der Waals surface area contributed by atoms with Gasteiger partial charge in [-0.1, -0.05) is 82.8 Å². The fourth-order valence-corrected chi connectivity index (χ4v) is 1.72. The smallest absolute Gasteiger partial charge is 0.0132 e. The van der Waals surface area contributed by atoms with Gasteiger partial charge in [-0.05, 0) is 27.8 Å². The van der Waals surface area contributed by atoms with Gasteiger partial charge in [-0.2, -0.15) is 0 Å². The Kier molecular flexibility index (Phi) is 5.15. The first kappa shape index (κ1) is 14.5. The van der Waals surface area contributed by atoms with E-state index < -0.39 is 0 Å². The number of rotatable bonds is 1. The summed E-state index contributed by atoms with van der Waals surface area (Å²) in [7, 11) is 0. The third-order valence-electron chi connectivity index (χ3n) is 2.81. The zero-order valence-electron chi connectivity index (χ0n) is 12.0. The van der Waals surface area contributed by atoms with E-state index >= 15 is 0 Å². The van der Waals surface area contributed by atoms with Crippen molar-refractivity contribution in [2.24, 2.45) is 0 Å². The van der Waals surface area contributed by atoms with E-state index in [4.69, 9.17) is 0 Å². The van der Waals surface area contributed by atoms with Gasteiger partial charge in [0.25, 0.3) is 0 Å². The van der Waals surface area contributed by atoms with Gasteiger partial charge in [-0.3, -0.25) is 0 Å². The maximum atomic E-state index is 4.06. The summed E-state index contributed by atoms with van der Waals surface area (Å²) in [4.78, 5) is 0. The lowest BCUT2D eigenvalue weighted by Gasteiger charge is -2.17. The van der Waals surface area contributed by atoms with Crippen LogP contribution in [0.1, 0.15) is 39.7 Å². The van der Waals surface area contributed by atoms with Crippen LogP contribution in [0.5, 0.6) is 0 Å². The first-order valence-corrected chi connectivity index (χ1v) is 6.57. The molecule has 0 aromatic heterocycles. The van der Waals surface area contributed by atoms with Crippen molar-refractivity contribution in [2.75, 3.05) is 0 Å². The Hall–Kier alpha value is -1.56. The van der Waals surface area contributed by atoms with Crippen LogP contribution in [0.3, 0.4) is 0 Å². The summed E-state index contributed by atoms with van der Waals surface area (Å²) in [5, 5.41) is 2.29. The molecule has 0 heterocycles. The molecule has 18 heavy (non-hydrogen) atoms. The Morgan fingerprint density at radius 1 is 1.06 bits per heavy atom. The van der Waals surface area contributed by atoms with Crippen molar-refractivity contribution < 1.29 is 0 Å². The minimum Gasteiger partial charge on any atom is -0.0918 e. The Morgan fingerprint density at radius 3 is 2.33 bits per heavy atom. The quantitative estimate of drug-likeness (QED) is 0.702. The molecule has 0 aliphatic carbocycles. The van der Waals surface area contributed by atoms with Crippen LogP contribution in [0.25, 0.3) is 12.7 Å². The number of hydrogen-bond donors (Lipinski definition) is 0. The maximum Gasteiger partial charge on any atom is -0.0132 e. The van der Waals surface area contributed by atoms with Crippen molar-refractivity contribution in [3.8, 4) is 0 Å². The summed E-state index contributed by atoms with van der Waals surface area (Å²) in [6.45, 7) is 12.9. The molecule has 0 saturated heterocycles. The van der Waals surface area contributed by atoms with Gasteiger partial charge in [0.05, 0.1) is 0 Å². The summed E-state index contributed by atoms with van der Waals surface area (Å²) in [5.74, 6) is 0. The minimum atomic E-state index is 0.132. The Balaban J connectivity index is 3.59. The molecule has 0 heteroatoms. The third kappa shape index (κ3) is 4.75. The maximum absolute atomic E-state index is 4.06. The van der Waals surface area contributed by atoms with E-state index in [-0.39, 0.29) is 5.41 Å². The Labute approximate surface area is 111 Å². The zero-order valence-corrected chi connectivity index (χ0v) is 12.0. The molecule has 0 bridgehead atoms. The molecule has 0 radical (unpaired) electrons. The molecule has 0 unspecified atom stereocenters. The lowest BCUT2D eigenvalue weighted by Crippen LogP contribution is -2.13. The standard InChI is InChI=1S/C18H24/c1-6-9-16-11-8-7-10-15(2)14-17(13-12-16)18(3,4)5/h7-14H,2,6H2,1,3-5H3/b10-7?,11-8?,13-12?,16-9+,17-14?. The molecule has 0 nitrogen and oxygen atoms in total. The highest BCUT2D eigenvalue weighted by Gasteiger charge is 2.11. The van der Waals surface area contributed by atoms with Gasteiger partial charge in [0.2, 0.25) is 0 Å². The predicted molar refractivity (Wildman–Crippen MR) is 82.3 cm³/mol. The van der Waals surface area contributed by atoms with E-state index in [0.29, 0.717) is 0 Å². The molecule has 1 aromatic rings.